The Hall–Kier alpha value is -2.51. The van der Waals surface area contributed by atoms with Crippen LogP contribution in [0.4, 0.5) is 9.93 Å². The molecule has 2 aromatic heterocycles. The van der Waals surface area contributed by atoms with Crippen LogP contribution < -0.4 is 10.6 Å². The van der Waals surface area contributed by atoms with E-state index in [-0.39, 0.29) is 6.03 Å². The smallest absolute Gasteiger partial charge is 0.321 e. The van der Waals surface area contributed by atoms with Crippen molar-refractivity contribution >= 4 is 34.3 Å². The Bertz CT molecular complexity index is 808. The van der Waals surface area contributed by atoms with Gasteiger partial charge in [0.1, 0.15) is 0 Å². The maximum Gasteiger partial charge on any atom is 0.321 e. The number of rotatable bonds is 4. The van der Waals surface area contributed by atoms with E-state index in [4.69, 9.17) is 11.6 Å². The number of urea groups is 1. The molecule has 3 rings (SSSR count). The van der Waals surface area contributed by atoms with Gasteiger partial charge in [-0.05, 0) is 23.8 Å². The molecule has 0 fully saturated rings. The number of aromatic nitrogens is 3. The number of nitrogens with one attached hydrogen (secondary N) is 2. The van der Waals surface area contributed by atoms with Crippen LogP contribution in [-0.2, 0) is 6.54 Å². The van der Waals surface area contributed by atoms with Crippen molar-refractivity contribution in [2.24, 2.45) is 0 Å². The Labute approximate surface area is 141 Å². The fourth-order valence-electron chi connectivity index (χ4n) is 1.85. The number of nitrogens with zero attached hydrogens (tertiary/aromatic N) is 3. The van der Waals surface area contributed by atoms with Crippen molar-refractivity contribution < 1.29 is 4.79 Å². The molecule has 0 spiro atoms. The number of amides is 2. The molecule has 0 bridgehead atoms. The average Bonchev–Trinajstić information content (AvgIpc) is 3.02. The molecule has 2 heterocycles. The van der Waals surface area contributed by atoms with Crippen LogP contribution in [0.15, 0.2) is 48.8 Å². The molecule has 0 saturated heterocycles. The van der Waals surface area contributed by atoms with Gasteiger partial charge in [0.15, 0.2) is 5.82 Å². The number of pyridine rings is 1. The highest BCUT2D eigenvalue weighted by Gasteiger charge is 2.11. The molecule has 1 aromatic carbocycles. The minimum Gasteiger partial charge on any atom is -0.334 e. The lowest BCUT2D eigenvalue weighted by atomic mass is 10.2. The summed E-state index contributed by atoms with van der Waals surface area (Å²) in [5.41, 5.74) is 1.64. The summed E-state index contributed by atoms with van der Waals surface area (Å²) >= 11 is 7.21. The fourth-order valence-corrected chi connectivity index (χ4v) is 2.65. The molecule has 0 atom stereocenters. The van der Waals surface area contributed by atoms with E-state index in [1.54, 1.807) is 18.5 Å². The van der Waals surface area contributed by atoms with Gasteiger partial charge in [0.2, 0.25) is 5.13 Å². The van der Waals surface area contributed by atoms with E-state index < -0.39 is 0 Å². The van der Waals surface area contributed by atoms with Crippen molar-refractivity contribution in [2.45, 2.75) is 6.54 Å². The lowest BCUT2D eigenvalue weighted by molar-refractivity contribution is 0.251. The van der Waals surface area contributed by atoms with Crippen LogP contribution in [0.5, 0.6) is 0 Å². The molecular formula is C15H12ClN5OS. The minimum atomic E-state index is -0.351. The topological polar surface area (TPSA) is 79.8 Å². The normalized spacial score (nSPS) is 10.3. The van der Waals surface area contributed by atoms with Crippen LogP contribution in [0.1, 0.15) is 5.56 Å². The number of carbonyl (C=O) groups is 1. The zero-order valence-electron chi connectivity index (χ0n) is 11.9. The monoisotopic (exact) mass is 345 g/mol. The van der Waals surface area contributed by atoms with Gasteiger partial charge in [0.05, 0.1) is 5.02 Å². The number of anilines is 1. The zero-order chi connectivity index (χ0) is 16.1. The van der Waals surface area contributed by atoms with Crippen LogP contribution in [0, 0.1) is 0 Å². The van der Waals surface area contributed by atoms with Gasteiger partial charge in [-0.2, -0.15) is 9.36 Å². The first-order chi connectivity index (χ1) is 11.2. The number of carbonyl (C=O) groups excluding carboxylic acids is 1. The SMILES string of the molecule is O=C(NCc1cccnc1)Nc1nc(-c2ccccc2Cl)ns1. The van der Waals surface area contributed by atoms with E-state index in [0.29, 0.717) is 22.5 Å². The molecule has 0 unspecified atom stereocenters. The van der Waals surface area contributed by atoms with Gasteiger partial charge in [-0.3, -0.25) is 10.3 Å². The van der Waals surface area contributed by atoms with Gasteiger partial charge < -0.3 is 5.32 Å². The van der Waals surface area contributed by atoms with E-state index in [9.17, 15) is 4.79 Å². The van der Waals surface area contributed by atoms with E-state index in [2.05, 4.69) is 25.0 Å². The molecule has 0 aliphatic heterocycles. The summed E-state index contributed by atoms with van der Waals surface area (Å²) in [4.78, 5) is 20.1. The van der Waals surface area contributed by atoms with Gasteiger partial charge >= 0.3 is 6.03 Å². The second kappa shape index (κ2) is 7.17. The second-order valence-electron chi connectivity index (χ2n) is 4.57. The molecule has 0 aliphatic rings. The maximum absolute atomic E-state index is 11.9. The fraction of sp³-hybridized carbons (Fsp3) is 0.0667. The lowest BCUT2D eigenvalue weighted by Gasteiger charge is -2.04. The number of hydrogen-bond donors (Lipinski definition) is 2. The quantitative estimate of drug-likeness (QED) is 0.757. The second-order valence-corrected chi connectivity index (χ2v) is 5.73. The largest absolute Gasteiger partial charge is 0.334 e. The van der Waals surface area contributed by atoms with Crippen LogP contribution in [-0.4, -0.2) is 20.4 Å². The van der Waals surface area contributed by atoms with Gasteiger partial charge in [-0.15, -0.1) is 0 Å². The van der Waals surface area contributed by atoms with E-state index in [1.807, 2.05) is 30.3 Å². The minimum absolute atomic E-state index is 0.351. The highest BCUT2D eigenvalue weighted by Crippen LogP contribution is 2.27. The summed E-state index contributed by atoms with van der Waals surface area (Å²) in [5.74, 6) is 0.489. The molecule has 116 valence electrons. The molecule has 23 heavy (non-hydrogen) atoms. The predicted molar refractivity (Wildman–Crippen MR) is 90.5 cm³/mol. The lowest BCUT2D eigenvalue weighted by Crippen LogP contribution is -2.28. The Kier molecular flexibility index (Phi) is 4.80. The summed E-state index contributed by atoms with van der Waals surface area (Å²) in [7, 11) is 0. The summed E-state index contributed by atoms with van der Waals surface area (Å²) < 4.78 is 4.21. The average molecular weight is 346 g/mol. The zero-order valence-corrected chi connectivity index (χ0v) is 13.4. The third-order valence-corrected chi connectivity index (χ3v) is 3.90. The molecule has 2 amide bonds. The van der Waals surface area contributed by atoms with Crippen molar-refractivity contribution in [3.05, 3.63) is 59.4 Å². The summed E-state index contributed by atoms with van der Waals surface area (Å²) in [6.45, 7) is 0.385. The number of halogens is 1. The first kappa shape index (κ1) is 15.4. The van der Waals surface area contributed by atoms with E-state index in [1.165, 1.54) is 0 Å². The Morgan fingerprint density at radius 1 is 1.22 bits per heavy atom. The standard InChI is InChI=1S/C15H12ClN5OS/c16-12-6-2-1-5-11(12)13-19-15(23-21-13)20-14(22)18-9-10-4-3-7-17-8-10/h1-8H,9H2,(H2,18,19,20,21,22). The highest BCUT2D eigenvalue weighted by atomic mass is 35.5. The molecule has 3 aromatic rings. The van der Waals surface area contributed by atoms with Crippen molar-refractivity contribution in [2.75, 3.05) is 5.32 Å². The molecule has 8 heteroatoms. The van der Waals surface area contributed by atoms with Crippen molar-refractivity contribution in [1.29, 1.82) is 0 Å². The van der Waals surface area contributed by atoms with Crippen molar-refractivity contribution in [3.63, 3.8) is 0 Å². The van der Waals surface area contributed by atoms with Crippen LogP contribution >= 0.6 is 23.1 Å². The first-order valence-corrected chi connectivity index (χ1v) is 7.90. The highest BCUT2D eigenvalue weighted by molar-refractivity contribution is 7.10. The third kappa shape index (κ3) is 4.02. The van der Waals surface area contributed by atoms with Crippen LogP contribution in [0.2, 0.25) is 5.02 Å². The van der Waals surface area contributed by atoms with Gasteiger partial charge in [-0.25, -0.2) is 4.79 Å². The molecule has 0 saturated carbocycles. The molecule has 0 radical (unpaired) electrons. The predicted octanol–water partition coefficient (Wildman–Crippen LogP) is 3.58. The number of hydrogen-bond acceptors (Lipinski definition) is 5. The summed E-state index contributed by atoms with van der Waals surface area (Å²) in [6, 6.07) is 10.6. The van der Waals surface area contributed by atoms with Crippen molar-refractivity contribution in [1.82, 2.24) is 19.7 Å². The first-order valence-electron chi connectivity index (χ1n) is 6.75. The van der Waals surface area contributed by atoms with E-state index >= 15 is 0 Å². The number of benzene rings is 1. The Morgan fingerprint density at radius 3 is 2.87 bits per heavy atom. The third-order valence-electron chi connectivity index (χ3n) is 2.94. The van der Waals surface area contributed by atoms with E-state index in [0.717, 1.165) is 22.7 Å². The molecule has 2 N–H and O–H groups in total. The maximum atomic E-state index is 11.9. The van der Waals surface area contributed by atoms with Gasteiger partial charge in [0.25, 0.3) is 0 Å². The van der Waals surface area contributed by atoms with Gasteiger partial charge in [-0.1, -0.05) is 29.8 Å². The van der Waals surface area contributed by atoms with Gasteiger partial charge in [0, 0.05) is 36.0 Å². The van der Waals surface area contributed by atoms with Crippen LogP contribution in [0.25, 0.3) is 11.4 Å². The Balaban J connectivity index is 1.61. The Morgan fingerprint density at radius 2 is 2.09 bits per heavy atom. The summed E-state index contributed by atoms with van der Waals surface area (Å²) in [6.07, 6.45) is 3.38. The molecule has 0 aliphatic carbocycles. The van der Waals surface area contributed by atoms with Crippen LogP contribution in [0.3, 0.4) is 0 Å². The molecular weight excluding hydrogens is 334 g/mol. The summed E-state index contributed by atoms with van der Waals surface area (Å²) in [5, 5.41) is 6.36. The molecule has 6 nitrogen and oxygen atoms in total. The van der Waals surface area contributed by atoms with Crippen molar-refractivity contribution in [3.8, 4) is 11.4 Å².